The predicted octanol–water partition coefficient (Wildman–Crippen LogP) is -2.02. The first-order chi connectivity index (χ1) is 12.5. The van der Waals surface area contributed by atoms with Gasteiger partial charge in [-0.15, -0.1) is 0 Å². The maximum atomic E-state index is 13.0. The zero-order valence-electron chi connectivity index (χ0n) is 14.4. The van der Waals surface area contributed by atoms with Gasteiger partial charge in [-0.1, -0.05) is 0 Å². The fourth-order valence-corrected chi connectivity index (χ4v) is 3.55. The number of carbonyl (C=O) groups is 3. The minimum atomic E-state index is -0.845. The number of hydrogen-bond acceptors (Lipinski definition) is 6. The van der Waals surface area contributed by atoms with Crippen molar-refractivity contribution in [2.75, 3.05) is 6.54 Å². The van der Waals surface area contributed by atoms with Crippen LogP contribution in [0.3, 0.4) is 0 Å². The van der Waals surface area contributed by atoms with Gasteiger partial charge in [0.25, 0.3) is 0 Å². The van der Waals surface area contributed by atoms with Gasteiger partial charge >= 0.3 is 0 Å². The maximum absolute atomic E-state index is 13.0. The van der Waals surface area contributed by atoms with E-state index in [0.717, 1.165) is 0 Å². The lowest BCUT2D eigenvalue weighted by molar-refractivity contribution is -0.140. The van der Waals surface area contributed by atoms with Gasteiger partial charge in [0.05, 0.1) is 12.4 Å². The fraction of sp³-hybridized carbons (Fsp3) is 0.625. The van der Waals surface area contributed by atoms with Crippen LogP contribution in [0.1, 0.15) is 31.4 Å². The number of amides is 3. The highest BCUT2D eigenvalue weighted by atomic mass is 16.3. The minimum absolute atomic E-state index is 0.224. The molecule has 142 valence electrons. The van der Waals surface area contributed by atoms with Crippen LogP contribution in [0.15, 0.2) is 12.5 Å². The summed E-state index contributed by atoms with van der Waals surface area (Å²) >= 11 is 0. The normalized spacial score (nSPS) is 26.7. The van der Waals surface area contributed by atoms with Crippen LogP contribution in [0.25, 0.3) is 0 Å². The van der Waals surface area contributed by atoms with Crippen molar-refractivity contribution in [1.82, 2.24) is 25.5 Å². The number of H-pyrrole nitrogens is 1. The van der Waals surface area contributed by atoms with Gasteiger partial charge < -0.3 is 26.0 Å². The molecule has 2 saturated heterocycles. The van der Waals surface area contributed by atoms with Crippen molar-refractivity contribution in [1.29, 1.82) is 0 Å². The van der Waals surface area contributed by atoms with Crippen LogP contribution in [0.4, 0.5) is 0 Å². The van der Waals surface area contributed by atoms with Gasteiger partial charge in [0.2, 0.25) is 17.7 Å². The van der Waals surface area contributed by atoms with Crippen LogP contribution < -0.4 is 16.4 Å². The highest BCUT2D eigenvalue weighted by Gasteiger charge is 2.38. The molecule has 2 aliphatic rings. The quantitative estimate of drug-likeness (QED) is 0.393. The number of rotatable bonds is 6. The van der Waals surface area contributed by atoms with Crippen molar-refractivity contribution in [3.05, 3.63) is 18.2 Å². The molecule has 10 heteroatoms. The Morgan fingerprint density at radius 1 is 1.38 bits per heavy atom. The van der Waals surface area contributed by atoms with E-state index < -0.39 is 30.3 Å². The van der Waals surface area contributed by atoms with Gasteiger partial charge in [-0.2, -0.15) is 0 Å². The van der Waals surface area contributed by atoms with Crippen molar-refractivity contribution in [2.24, 2.45) is 5.73 Å². The Balaban J connectivity index is 1.73. The molecule has 3 rings (SSSR count). The van der Waals surface area contributed by atoms with Crippen molar-refractivity contribution in [3.8, 4) is 0 Å². The van der Waals surface area contributed by atoms with E-state index >= 15 is 0 Å². The molecule has 4 unspecified atom stereocenters. The molecule has 1 aromatic rings. The molecule has 3 heterocycles. The monoisotopic (exact) mass is 364 g/mol. The third kappa shape index (κ3) is 4.02. The summed E-state index contributed by atoms with van der Waals surface area (Å²) in [4.78, 5) is 45.4. The summed E-state index contributed by atoms with van der Waals surface area (Å²) in [7, 11) is 0. The lowest BCUT2D eigenvalue weighted by Crippen LogP contribution is -2.56. The van der Waals surface area contributed by atoms with E-state index in [1.165, 1.54) is 11.2 Å². The summed E-state index contributed by atoms with van der Waals surface area (Å²) in [6, 6.07) is -2.04. The number of hydrogen-bond donors (Lipinski definition) is 5. The number of aromatic nitrogens is 2. The number of aromatic amines is 1. The first-order valence-corrected chi connectivity index (χ1v) is 8.77. The maximum Gasteiger partial charge on any atom is 0.246 e. The minimum Gasteiger partial charge on any atom is -0.379 e. The number of nitrogens with two attached hydrogens (primary N) is 1. The molecule has 0 spiro atoms. The number of aliphatic hydroxyl groups is 1. The van der Waals surface area contributed by atoms with Crippen molar-refractivity contribution < 1.29 is 19.5 Å². The van der Waals surface area contributed by atoms with Crippen LogP contribution in [-0.4, -0.2) is 68.6 Å². The Hall–Kier alpha value is -2.46. The Morgan fingerprint density at radius 3 is 2.81 bits per heavy atom. The Labute approximate surface area is 150 Å². The lowest BCUT2D eigenvalue weighted by atomic mass is 10.1. The van der Waals surface area contributed by atoms with E-state index in [4.69, 9.17) is 5.73 Å². The van der Waals surface area contributed by atoms with E-state index in [2.05, 4.69) is 20.6 Å². The summed E-state index contributed by atoms with van der Waals surface area (Å²) in [5.41, 5.74) is 6.10. The molecule has 1 aromatic heterocycles. The number of primary amides is 1. The molecule has 0 radical (unpaired) electrons. The summed E-state index contributed by atoms with van der Waals surface area (Å²) < 4.78 is 0. The molecule has 0 saturated carbocycles. The number of aliphatic hydroxyl groups excluding tert-OH is 1. The molecule has 6 N–H and O–H groups in total. The summed E-state index contributed by atoms with van der Waals surface area (Å²) in [5, 5.41) is 15.1. The van der Waals surface area contributed by atoms with E-state index in [-0.39, 0.29) is 18.2 Å². The second-order valence-electron chi connectivity index (χ2n) is 6.75. The molecule has 2 aliphatic heterocycles. The summed E-state index contributed by atoms with van der Waals surface area (Å²) in [6.45, 7) is 0.433. The number of imidazole rings is 1. The second-order valence-corrected chi connectivity index (χ2v) is 6.75. The first-order valence-electron chi connectivity index (χ1n) is 8.77. The van der Waals surface area contributed by atoms with Crippen molar-refractivity contribution >= 4 is 17.7 Å². The van der Waals surface area contributed by atoms with E-state index in [9.17, 15) is 19.5 Å². The molecule has 26 heavy (non-hydrogen) atoms. The van der Waals surface area contributed by atoms with Crippen LogP contribution in [0, 0.1) is 0 Å². The molecule has 0 aromatic carbocycles. The third-order valence-electron chi connectivity index (χ3n) is 4.90. The van der Waals surface area contributed by atoms with Crippen LogP contribution in [-0.2, 0) is 20.8 Å². The Morgan fingerprint density at radius 2 is 2.19 bits per heavy atom. The average Bonchev–Trinajstić information content (AvgIpc) is 3.34. The molecule has 0 bridgehead atoms. The van der Waals surface area contributed by atoms with Crippen LogP contribution in [0.5, 0.6) is 0 Å². The fourth-order valence-electron chi connectivity index (χ4n) is 3.55. The number of nitrogens with zero attached hydrogens (tertiary/aromatic N) is 2. The van der Waals surface area contributed by atoms with Gasteiger partial charge in [-0.05, 0) is 25.7 Å². The van der Waals surface area contributed by atoms with E-state index in [0.29, 0.717) is 37.9 Å². The molecular formula is C16H24N6O4. The lowest BCUT2D eigenvalue weighted by Gasteiger charge is -2.28. The molecule has 0 aliphatic carbocycles. The van der Waals surface area contributed by atoms with E-state index in [1.807, 2.05) is 0 Å². The number of nitrogens with one attached hydrogen (secondary N) is 3. The van der Waals surface area contributed by atoms with Gasteiger partial charge in [-0.3, -0.25) is 19.7 Å². The number of carbonyl (C=O) groups excluding carboxylic acids is 3. The standard InChI is InChI=1S/C16H24N6O4/c17-14(24)12-2-1-5-22(12)16(26)11(6-9-7-18-8-19-9)21-15(25)10-3-4-13(23)20-10/h7-8,10-13,20,23H,1-6H2,(H2,17,24)(H,18,19)(H,21,25). The smallest absolute Gasteiger partial charge is 0.246 e. The zero-order valence-corrected chi connectivity index (χ0v) is 14.4. The molecule has 4 atom stereocenters. The summed E-state index contributed by atoms with van der Waals surface area (Å²) in [5.74, 6) is -1.23. The summed E-state index contributed by atoms with van der Waals surface area (Å²) in [6.07, 6.45) is 4.78. The largest absolute Gasteiger partial charge is 0.379 e. The average molecular weight is 364 g/mol. The van der Waals surface area contributed by atoms with Gasteiger partial charge in [0.15, 0.2) is 0 Å². The molecular weight excluding hydrogens is 340 g/mol. The topological polar surface area (TPSA) is 153 Å². The van der Waals surface area contributed by atoms with Crippen LogP contribution >= 0.6 is 0 Å². The first kappa shape index (κ1) is 18.3. The Kier molecular flexibility index (Phi) is 5.52. The molecule has 2 fully saturated rings. The zero-order chi connectivity index (χ0) is 18.7. The molecule has 3 amide bonds. The molecule has 10 nitrogen and oxygen atoms in total. The number of likely N-dealkylation sites (tertiary alicyclic amines) is 1. The van der Waals surface area contributed by atoms with E-state index in [1.54, 1.807) is 6.20 Å². The highest BCUT2D eigenvalue weighted by Crippen LogP contribution is 2.19. The van der Waals surface area contributed by atoms with Gasteiger partial charge in [0.1, 0.15) is 18.3 Å². The predicted molar refractivity (Wildman–Crippen MR) is 90.3 cm³/mol. The van der Waals surface area contributed by atoms with Crippen molar-refractivity contribution in [3.63, 3.8) is 0 Å². The van der Waals surface area contributed by atoms with Gasteiger partial charge in [-0.25, -0.2) is 4.98 Å². The van der Waals surface area contributed by atoms with Crippen LogP contribution in [0.2, 0.25) is 0 Å². The van der Waals surface area contributed by atoms with Gasteiger partial charge in [0, 0.05) is 24.9 Å². The third-order valence-corrected chi connectivity index (χ3v) is 4.90. The van der Waals surface area contributed by atoms with Crippen molar-refractivity contribution in [2.45, 2.75) is 56.5 Å². The Bertz CT molecular complexity index is 664. The highest BCUT2D eigenvalue weighted by molar-refractivity contribution is 5.93. The second kappa shape index (κ2) is 7.83. The SMILES string of the molecule is NC(=O)C1CCCN1C(=O)C(Cc1cnc[nH]1)NC(=O)C1CCC(O)N1.